The van der Waals surface area contributed by atoms with Crippen molar-refractivity contribution in [2.45, 2.75) is 45.4 Å². The average Bonchev–Trinajstić information content (AvgIpc) is 3.39. The van der Waals surface area contributed by atoms with Crippen LogP contribution in [0.15, 0.2) is 12.2 Å². The van der Waals surface area contributed by atoms with Crippen molar-refractivity contribution in [2.75, 3.05) is 0 Å². The molecule has 0 spiro atoms. The Bertz CT molecular complexity index is 646. The minimum Gasteiger partial charge on any atom is -0.0845 e. The molecule has 8 aliphatic carbocycles. The van der Waals surface area contributed by atoms with Crippen LogP contribution in [0.25, 0.3) is 0 Å². The first kappa shape index (κ1) is 13.0. The molecule has 15 atom stereocenters. The molecule has 0 amide bonds. The third kappa shape index (κ3) is 1.14. The molecule has 8 rings (SSSR count). The lowest BCUT2D eigenvalue weighted by molar-refractivity contribution is -0.0749. The third-order valence-corrected chi connectivity index (χ3v) is 11.9. The van der Waals surface area contributed by atoms with Crippen LogP contribution >= 0.6 is 0 Å². The summed E-state index contributed by atoms with van der Waals surface area (Å²) in [5.74, 6) is 17.3. The van der Waals surface area contributed by atoms with E-state index < -0.39 is 0 Å². The molecule has 0 N–H and O–H groups in total. The largest absolute Gasteiger partial charge is 0.0845 e. The molecule has 15 unspecified atom stereocenters. The molecule has 8 bridgehead atoms. The van der Waals surface area contributed by atoms with Crippen LogP contribution < -0.4 is 0 Å². The first-order valence-corrected chi connectivity index (χ1v) is 11.5. The topological polar surface area (TPSA) is 0 Å². The lowest BCUT2D eigenvalue weighted by atomic mass is 9.49. The van der Waals surface area contributed by atoms with Crippen molar-refractivity contribution in [3.63, 3.8) is 0 Å². The van der Waals surface area contributed by atoms with Gasteiger partial charge < -0.3 is 0 Å². The van der Waals surface area contributed by atoms with Gasteiger partial charge in [-0.05, 0) is 121 Å². The molecule has 0 heterocycles. The van der Waals surface area contributed by atoms with Gasteiger partial charge >= 0.3 is 0 Å². The maximum Gasteiger partial charge on any atom is -0.0165 e. The Balaban J connectivity index is 1.28. The highest BCUT2D eigenvalue weighted by Crippen LogP contribution is 2.79. The van der Waals surface area contributed by atoms with Gasteiger partial charge in [-0.3, -0.25) is 0 Å². The highest BCUT2D eigenvalue weighted by Gasteiger charge is 2.74. The monoisotopic (exact) mass is 320 g/mol. The number of hydrogen-bond donors (Lipinski definition) is 0. The van der Waals surface area contributed by atoms with E-state index in [1.165, 1.54) is 53.8 Å². The Hall–Kier alpha value is -0.260. The highest BCUT2D eigenvalue weighted by molar-refractivity contribution is 5.28. The zero-order chi connectivity index (χ0) is 15.3. The van der Waals surface area contributed by atoms with Crippen molar-refractivity contribution in [3.05, 3.63) is 12.2 Å². The Morgan fingerprint density at radius 3 is 2.04 bits per heavy atom. The fraction of sp³-hybridized carbons (Fsp3) is 0.917. The van der Waals surface area contributed by atoms with Crippen molar-refractivity contribution in [2.24, 2.45) is 88.8 Å². The van der Waals surface area contributed by atoms with Crippen molar-refractivity contribution in [1.82, 2.24) is 0 Å². The van der Waals surface area contributed by atoms with Crippen LogP contribution in [-0.4, -0.2) is 0 Å². The van der Waals surface area contributed by atoms with Gasteiger partial charge in [-0.25, -0.2) is 0 Å². The van der Waals surface area contributed by atoms with Crippen LogP contribution in [0.1, 0.15) is 45.4 Å². The van der Waals surface area contributed by atoms with Crippen LogP contribution in [0.2, 0.25) is 0 Å². The summed E-state index contributed by atoms with van der Waals surface area (Å²) in [7, 11) is 0. The zero-order valence-electron chi connectivity index (χ0n) is 15.1. The van der Waals surface area contributed by atoms with Crippen molar-refractivity contribution < 1.29 is 0 Å². The SMILES string of the molecule is CCC1CC2CC1C1C2CC2C3CC4C2C1CC1C2C=CC1C4C23. The summed E-state index contributed by atoms with van der Waals surface area (Å²) in [6.07, 6.45) is 15.2. The molecule has 0 heteroatoms. The van der Waals surface area contributed by atoms with Crippen LogP contribution in [0.5, 0.6) is 0 Å². The molecule has 0 aliphatic heterocycles. The van der Waals surface area contributed by atoms with Crippen LogP contribution in [0.3, 0.4) is 0 Å². The molecule has 7 saturated carbocycles. The first-order chi connectivity index (χ1) is 11.8. The zero-order valence-corrected chi connectivity index (χ0v) is 15.1. The third-order valence-electron chi connectivity index (χ3n) is 11.9. The molecular weight excluding hydrogens is 288 g/mol. The quantitative estimate of drug-likeness (QED) is 0.578. The highest BCUT2D eigenvalue weighted by atomic mass is 14.8. The molecule has 0 aromatic carbocycles. The molecular formula is C24H32. The summed E-state index contributed by atoms with van der Waals surface area (Å²) in [6, 6.07) is 0. The Kier molecular flexibility index (Phi) is 2.09. The smallest absolute Gasteiger partial charge is 0.0165 e. The van der Waals surface area contributed by atoms with Gasteiger partial charge in [0.2, 0.25) is 0 Å². The van der Waals surface area contributed by atoms with Crippen LogP contribution in [0, 0.1) is 88.8 Å². The second kappa shape index (κ2) is 3.86. The van der Waals surface area contributed by atoms with Gasteiger partial charge in [-0.2, -0.15) is 0 Å². The summed E-state index contributed by atoms with van der Waals surface area (Å²) in [5.41, 5.74) is 0. The van der Waals surface area contributed by atoms with Crippen LogP contribution in [-0.2, 0) is 0 Å². The maximum absolute atomic E-state index is 2.72. The Morgan fingerprint density at radius 2 is 1.21 bits per heavy atom. The first-order valence-electron chi connectivity index (χ1n) is 11.5. The summed E-state index contributed by atoms with van der Waals surface area (Å²) >= 11 is 0. The molecule has 8 aliphatic rings. The van der Waals surface area contributed by atoms with Crippen molar-refractivity contribution >= 4 is 0 Å². The minimum absolute atomic E-state index is 1.04. The standard InChI is InChI=1S/C24H32/c1-2-10-5-11-6-14(10)21-15(11)7-17-18-9-20-22(17)19(21)8-16-12-3-4-13(16)24(20)23(12)18/h3-4,10-24H,2,5-9H2,1H3. The van der Waals surface area contributed by atoms with E-state index in [-0.39, 0.29) is 0 Å². The molecule has 0 aromatic rings. The summed E-state index contributed by atoms with van der Waals surface area (Å²) < 4.78 is 0. The lowest BCUT2D eigenvalue weighted by Gasteiger charge is -2.56. The van der Waals surface area contributed by atoms with E-state index in [2.05, 4.69) is 19.1 Å². The summed E-state index contributed by atoms with van der Waals surface area (Å²) in [6.45, 7) is 2.49. The van der Waals surface area contributed by atoms with Gasteiger partial charge in [0.1, 0.15) is 0 Å². The molecule has 128 valence electrons. The summed E-state index contributed by atoms with van der Waals surface area (Å²) in [4.78, 5) is 0. The summed E-state index contributed by atoms with van der Waals surface area (Å²) in [5, 5.41) is 0. The van der Waals surface area contributed by atoms with Crippen molar-refractivity contribution in [3.8, 4) is 0 Å². The predicted octanol–water partition coefficient (Wildman–Crippen LogP) is 5.25. The molecule has 0 saturated heterocycles. The number of hydrogen-bond acceptors (Lipinski definition) is 0. The van der Waals surface area contributed by atoms with E-state index >= 15 is 0 Å². The normalized spacial score (nSPS) is 74.5. The lowest BCUT2D eigenvalue weighted by Crippen LogP contribution is -2.50. The molecule has 7 fully saturated rings. The van der Waals surface area contributed by atoms with Gasteiger partial charge in [0.15, 0.2) is 0 Å². The average molecular weight is 321 g/mol. The van der Waals surface area contributed by atoms with Gasteiger partial charge in [-0.15, -0.1) is 0 Å². The number of allylic oxidation sites excluding steroid dienone is 2. The van der Waals surface area contributed by atoms with E-state index in [4.69, 9.17) is 0 Å². The maximum atomic E-state index is 2.72. The predicted molar refractivity (Wildman–Crippen MR) is 94.9 cm³/mol. The molecule has 0 aromatic heterocycles. The number of fused-ring (bicyclic) bond motifs is 10. The van der Waals surface area contributed by atoms with E-state index in [9.17, 15) is 0 Å². The second-order valence-corrected chi connectivity index (χ2v) is 11.6. The fourth-order valence-electron chi connectivity index (χ4n) is 12.0. The van der Waals surface area contributed by atoms with E-state index in [0.717, 1.165) is 41.4 Å². The van der Waals surface area contributed by atoms with Crippen LogP contribution in [0.4, 0.5) is 0 Å². The Labute approximate surface area is 146 Å². The Morgan fingerprint density at radius 1 is 0.583 bits per heavy atom. The van der Waals surface area contributed by atoms with Gasteiger partial charge in [0.25, 0.3) is 0 Å². The minimum atomic E-state index is 1.04. The fourth-order valence-corrected chi connectivity index (χ4v) is 12.0. The van der Waals surface area contributed by atoms with E-state index in [1.807, 2.05) is 0 Å². The second-order valence-electron chi connectivity index (χ2n) is 11.6. The van der Waals surface area contributed by atoms with E-state index in [0.29, 0.717) is 0 Å². The molecule has 24 heavy (non-hydrogen) atoms. The van der Waals surface area contributed by atoms with Gasteiger partial charge in [-0.1, -0.05) is 25.5 Å². The number of rotatable bonds is 1. The molecule has 0 radical (unpaired) electrons. The van der Waals surface area contributed by atoms with Crippen molar-refractivity contribution in [1.29, 1.82) is 0 Å². The van der Waals surface area contributed by atoms with Gasteiger partial charge in [0, 0.05) is 0 Å². The molecule has 0 nitrogen and oxygen atoms in total. The van der Waals surface area contributed by atoms with Gasteiger partial charge in [0.05, 0.1) is 0 Å². The van der Waals surface area contributed by atoms with E-state index in [1.54, 1.807) is 32.1 Å².